The minimum atomic E-state index is -0.239. The SMILES string of the molecule is N#CCC(=O)NCCc1ccc2c(c1)OCCCO2. The Bertz CT molecular complexity index is 494. The number of nitrogens with one attached hydrogen (secondary N) is 1. The van der Waals surface area contributed by atoms with Crippen molar-refractivity contribution in [2.45, 2.75) is 19.3 Å². The van der Waals surface area contributed by atoms with Crippen LogP contribution >= 0.6 is 0 Å². The summed E-state index contributed by atoms with van der Waals surface area (Å²) in [5, 5.41) is 11.1. The molecule has 1 aliphatic rings. The minimum Gasteiger partial charge on any atom is -0.490 e. The second kappa shape index (κ2) is 6.64. The Morgan fingerprint density at radius 2 is 2.11 bits per heavy atom. The van der Waals surface area contributed by atoms with Gasteiger partial charge in [-0.15, -0.1) is 0 Å². The minimum absolute atomic E-state index is 0.0961. The molecule has 0 atom stereocenters. The predicted octanol–water partition coefficient (Wildman–Crippen LogP) is 1.42. The first kappa shape index (κ1) is 13.2. The maximum atomic E-state index is 11.1. The van der Waals surface area contributed by atoms with Gasteiger partial charge in [0.2, 0.25) is 5.91 Å². The fourth-order valence-electron chi connectivity index (χ4n) is 1.84. The van der Waals surface area contributed by atoms with E-state index in [4.69, 9.17) is 14.7 Å². The molecule has 5 heteroatoms. The normalized spacial score (nSPS) is 13.2. The van der Waals surface area contributed by atoms with Gasteiger partial charge in [0.25, 0.3) is 0 Å². The molecule has 1 N–H and O–H groups in total. The van der Waals surface area contributed by atoms with Gasteiger partial charge in [-0.3, -0.25) is 4.79 Å². The highest BCUT2D eigenvalue weighted by Crippen LogP contribution is 2.30. The Balaban J connectivity index is 1.89. The summed E-state index contributed by atoms with van der Waals surface area (Å²) >= 11 is 0. The summed E-state index contributed by atoms with van der Waals surface area (Å²) < 4.78 is 11.1. The molecule has 1 aromatic rings. The van der Waals surface area contributed by atoms with Gasteiger partial charge in [0, 0.05) is 13.0 Å². The van der Waals surface area contributed by atoms with Gasteiger partial charge in [0.05, 0.1) is 19.3 Å². The summed E-state index contributed by atoms with van der Waals surface area (Å²) in [7, 11) is 0. The maximum absolute atomic E-state index is 11.1. The van der Waals surface area contributed by atoms with Crippen LogP contribution in [0.5, 0.6) is 11.5 Å². The number of carbonyl (C=O) groups is 1. The number of nitriles is 1. The van der Waals surface area contributed by atoms with Crippen LogP contribution in [0.4, 0.5) is 0 Å². The Labute approximate surface area is 112 Å². The predicted molar refractivity (Wildman–Crippen MR) is 69.0 cm³/mol. The number of hydrogen-bond donors (Lipinski definition) is 1. The van der Waals surface area contributed by atoms with Crippen molar-refractivity contribution in [3.05, 3.63) is 23.8 Å². The summed E-state index contributed by atoms with van der Waals surface area (Å²) in [6, 6.07) is 7.62. The molecule has 0 aliphatic carbocycles. The first-order valence-electron chi connectivity index (χ1n) is 6.32. The summed E-state index contributed by atoms with van der Waals surface area (Å²) in [5.74, 6) is 1.30. The van der Waals surface area contributed by atoms with E-state index in [1.807, 2.05) is 24.3 Å². The quantitative estimate of drug-likeness (QED) is 0.888. The smallest absolute Gasteiger partial charge is 0.234 e. The van der Waals surface area contributed by atoms with Crippen LogP contribution in [0.25, 0.3) is 0 Å². The molecule has 5 nitrogen and oxygen atoms in total. The molecule has 1 aromatic carbocycles. The van der Waals surface area contributed by atoms with Gasteiger partial charge in [0.1, 0.15) is 6.42 Å². The highest BCUT2D eigenvalue weighted by atomic mass is 16.5. The lowest BCUT2D eigenvalue weighted by Gasteiger charge is -2.09. The lowest BCUT2D eigenvalue weighted by atomic mass is 10.1. The van der Waals surface area contributed by atoms with E-state index in [9.17, 15) is 4.79 Å². The Hall–Kier alpha value is -2.22. The average Bonchev–Trinajstić information content (AvgIpc) is 2.63. The molecule has 100 valence electrons. The van der Waals surface area contributed by atoms with Gasteiger partial charge in [-0.2, -0.15) is 5.26 Å². The van der Waals surface area contributed by atoms with Crippen LogP contribution in [-0.2, 0) is 11.2 Å². The van der Waals surface area contributed by atoms with E-state index < -0.39 is 0 Å². The lowest BCUT2D eigenvalue weighted by molar-refractivity contribution is -0.120. The van der Waals surface area contributed by atoms with E-state index in [1.54, 1.807) is 0 Å². The van der Waals surface area contributed by atoms with Gasteiger partial charge in [-0.25, -0.2) is 0 Å². The zero-order chi connectivity index (χ0) is 13.5. The molecule has 0 saturated carbocycles. The van der Waals surface area contributed by atoms with Crippen molar-refractivity contribution in [1.29, 1.82) is 5.26 Å². The number of benzene rings is 1. The average molecular weight is 260 g/mol. The number of rotatable bonds is 4. The summed E-state index contributed by atoms with van der Waals surface area (Å²) in [6.45, 7) is 1.85. The van der Waals surface area contributed by atoms with Crippen LogP contribution in [0, 0.1) is 11.3 Å². The molecule has 0 saturated heterocycles. The summed E-state index contributed by atoms with van der Waals surface area (Å²) in [5.41, 5.74) is 1.07. The van der Waals surface area contributed by atoms with Crippen LogP contribution < -0.4 is 14.8 Å². The Kier molecular flexibility index (Phi) is 4.62. The van der Waals surface area contributed by atoms with Crippen LogP contribution in [0.1, 0.15) is 18.4 Å². The van der Waals surface area contributed by atoms with Crippen molar-refractivity contribution in [2.75, 3.05) is 19.8 Å². The van der Waals surface area contributed by atoms with Crippen molar-refractivity contribution in [2.24, 2.45) is 0 Å². The second-order valence-corrected chi connectivity index (χ2v) is 4.27. The third kappa shape index (κ3) is 3.88. The van der Waals surface area contributed by atoms with Gasteiger partial charge < -0.3 is 14.8 Å². The molecule has 19 heavy (non-hydrogen) atoms. The van der Waals surface area contributed by atoms with Crippen LogP contribution in [0.15, 0.2) is 18.2 Å². The fourth-order valence-corrected chi connectivity index (χ4v) is 1.84. The molecule has 1 aliphatic heterocycles. The van der Waals surface area contributed by atoms with E-state index in [0.29, 0.717) is 26.2 Å². The molecule has 0 bridgehead atoms. The lowest BCUT2D eigenvalue weighted by Crippen LogP contribution is -2.24. The molecule has 1 heterocycles. The molecule has 0 spiro atoms. The van der Waals surface area contributed by atoms with Gasteiger partial charge in [-0.05, 0) is 24.1 Å². The van der Waals surface area contributed by atoms with Gasteiger partial charge in [0.15, 0.2) is 11.5 Å². The molecular formula is C14H16N2O3. The van der Waals surface area contributed by atoms with Crippen molar-refractivity contribution in [3.8, 4) is 17.6 Å². The topological polar surface area (TPSA) is 71.4 Å². The van der Waals surface area contributed by atoms with Gasteiger partial charge in [-0.1, -0.05) is 6.07 Å². The summed E-state index contributed by atoms with van der Waals surface area (Å²) in [6.07, 6.45) is 1.49. The van der Waals surface area contributed by atoms with Gasteiger partial charge >= 0.3 is 0 Å². The maximum Gasteiger partial charge on any atom is 0.234 e. The first-order chi connectivity index (χ1) is 9.29. The second-order valence-electron chi connectivity index (χ2n) is 4.27. The number of carbonyl (C=O) groups excluding carboxylic acids is 1. The number of fused-ring (bicyclic) bond motifs is 1. The zero-order valence-electron chi connectivity index (χ0n) is 10.6. The van der Waals surface area contributed by atoms with E-state index in [1.165, 1.54) is 0 Å². The first-order valence-corrected chi connectivity index (χ1v) is 6.32. The van der Waals surface area contributed by atoms with Crippen molar-refractivity contribution < 1.29 is 14.3 Å². The molecule has 0 aromatic heterocycles. The fraction of sp³-hybridized carbons (Fsp3) is 0.429. The molecule has 0 unspecified atom stereocenters. The van der Waals surface area contributed by atoms with Crippen LogP contribution in [-0.4, -0.2) is 25.7 Å². The molecule has 1 amide bonds. The largest absolute Gasteiger partial charge is 0.490 e. The summed E-state index contributed by atoms with van der Waals surface area (Å²) in [4.78, 5) is 11.1. The molecule has 2 rings (SSSR count). The van der Waals surface area contributed by atoms with E-state index >= 15 is 0 Å². The van der Waals surface area contributed by atoms with Crippen molar-refractivity contribution in [1.82, 2.24) is 5.32 Å². The molecular weight excluding hydrogens is 244 g/mol. The molecule has 0 fully saturated rings. The van der Waals surface area contributed by atoms with Crippen molar-refractivity contribution >= 4 is 5.91 Å². The number of hydrogen-bond acceptors (Lipinski definition) is 4. The number of nitrogens with zero attached hydrogens (tertiary/aromatic N) is 1. The zero-order valence-corrected chi connectivity index (χ0v) is 10.6. The third-order valence-electron chi connectivity index (χ3n) is 2.79. The van der Waals surface area contributed by atoms with Crippen LogP contribution in [0.2, 0.25) is 0 Å². The number of ether oxygens (including phenoxy) is 2. The number of amides is 1. The standard InChI is InChI=1S/C14H16N2O3/c15-6-4-14(17)16-7-5-11-2-3-12-13(10-11)19-9-1-8-18-12/h2-3,10H,1,4-5,7-9H2,(H,16,17). The Morgan fingerprint density at radius 1 is 1.32 bits per heavy atom. The van der Waals surface area contributed by atoms with Crippen molar-refractivity contribution in [3.63, 3.8) is 0 Å². The van der Waals surface area contributed by atoms with E-state index in [0.717, 1.165) is 23.5 Å². The highest BCUT2D eigenvalue weighted by molar-refractivity contribution is 5.77. The van der Waals surface area contributed by atoms with E-state index in [-0.39, 0.29) is 12.3 Å². The Morgan fingerprint density at radius 3 is 2.89 bits per heavy atom. The van der Waals surface area contributed by atoms with Crippen LogP contribution in [0.3, 0.4) is 0 Å². The highest BCUT2D eigenvalue weighted by Gasteiger charge is 2.10. The monoisotopic (exact) mass is 260 g/mol. The third-order valence-corrected chi connectivity index (χ3v) is 2.79. The van der Waals surface area contributed by atoms with E-state index in [2.05, 4.69) is 5.32 Å². The molecule has 0 radical (unpaired) electrons.